The molecule has 0 spiro atoms. The van der Waals surface area contributed by atoms with E-state index in [1.165, 1.54) is 19.6 Å². The molecule has 2 rings (SSSR count). The average Bonchev–Trinajstić information content (AvgIpc) is 3.16. The summed E-state index contributed by atoms with van der Waals surface area (Å²) in [4.78, 5) is 22.9. The first-order valence-electron chi connectivity index (χ1n) is 9.06. The van der Waals surface area contributed by atoms with Gasteiger partial charge in [0, 0.05) is 20.0 Å². The number of amides is 2. The molecule has 6 atom stereocenters. The van der Waals surface area contributed by atoms with Crippen molar-refractivity contribution in [2.75, 3.05) is 7.11 Å². The van der Waals surface area contributed by atoms with Crippen LogP contribution in [0.3, 0.4) is 0 Å². The highest BCUT2D eigenvalue weighted by molar-refractivity contribution is 5.90. The Hall–Kier alpha value is -1.44. The number of nitrogens with one attached hydrogen (secondary N) is 1. The molecule has 1 aliphatic carbocycles. The second-order valence-corrected chi connectivity index (χ2v) is 8.01. The molecule has 0 unspecified atom stereocenters. The number of carbonyl (C=O) groups is 2. The zero-order valence-corrected chi connectivity index (χ0v) is 16.5. The Morgan fingerprint density at radius 3 is 2.44 bits per heavy atom. The zero-order chi connectivity index (χ0) is 19.7. The van der Waals surface area contributed by atoms with Gasteiger partial charge in [-0.3, -0.25) is 10.1 Å². The van der Waals surface area contributed by atoms with Crippen LogP contribution in [0.15, 0.2) is 11.6 Å². The van der Waals surface area contributed by atoms with Crippen molar-refractivity contribution in [3.63, 3.8) is 0 Å². The standard InChI is InChI=1S/C19H31NO6.CH4/c1-11(2)7-8-14-19(5,26-14)16-15(24-6)13(9-10-18(16,4)23)25-17(22)20-12(3)21;/h7,13-16,23H,8-10H2,1-6H3,(H,20,21,22);1H4/t13-,14-,15-,16+,18-,19+;/m1./s1. The number of hydrogen-bond acceptors (Lipinski definition) is 6. The predicted octanol–water partition coefficient (Wildman–Crippen LogP) is 2.95. The maximum atomic E-state index is 11.8. The molecule has 1 saturated heterocycles. The number of allylic oxidation sites excluding steroid dienone is 1. The molecule has 1 aliphatic heterocycles. The number of aliphatic hydroxyl groups is 1. The Morgan fingerprint density at radius 2 is 1.93 bits per heavy atom. The minimum atomic E-state index is -1.01. The van der Waals surface area contributed by atoms with E-state index in [0.717, 1.165) is 6.42 Å². The van der Waals surface area contributed by atoms with Crippen LogP contribution in [-0.4, -0.2) is 53.7 Å². The SMILES string of the molecule is C.CO[C@H]1[C@H]([C@@]2(C)O[C@@H]2CC=C(C)C)[C@](C)(O)CC[C@H]1OC(=O)NC(C)=O. The van der Waals surface area contributed by atoms with Crippen molar-refractivity contribution in [1.29, 1.82) is 0 Å². The summed E-state index contributed by atoms with van der Waals surface area (Å²) in [6.07, 6.45) is 1.87. The third-order valence-corrected chi connectivity index (χ3v) is 5.44. The highest BCUT2D eigenvalue weighted by Gasteiger charge is 2.66. The molecular formula is C20H35NO6. The van der Waals surface area contributed by atoms with Crippen LogP contribution in [0.2, 0.25) is 0 Å². The molecule has 1 heterocycles. The van der Waals surface area contributed by atoms with Crippen molar-refractivity contribution in [3.8, 4) is 0 Å². The van der Waals surface area contributed by atoms with Gasteiger partial charge >= 0.3 is 6.09 Å². The van der Waals surface area contributed by atoms with Crippen molar-refractivity contribution in [3.05, 3.63) is 11.6 Å². The van der Waals surface area contributed by atoms with Gasteiger partial charge in [0.1, 0.15) is 17.8 Å². The molecule has 0 aromatic heterocycles. The second kappa shape index (κ2) is 8.71. The lowest BCUT2D eigenvalue weighted by Gasteiger charge is -2.47. The van der Waals surface area contributed by atoms with E-state index in [2.05, 4.69) is 11.4 Å². The molecule has 2 N–H and O–H groups in total. The van der Waals surface area contributed by atoms with Crippen LogP contribution in [-0.2, 0) is 19.0 Å². The van der Waals surface area contributed by atoms with Crippen LogP contribution in [0.1, 0.15) is 61.3 Å². The van der Waals surface area contributed by atoms with Crippen molar-refractivity contribution >= 4 is 12.0 Å². The van der Waals surface area contributed by atoms with Gasteiger partial charge in [-0.05, 0) is 47.0 Å². The van der Waals surface area contributed by atoms with Gasteiger partial charge in [0.2, 0.25) is 5.91 Å². The molecule has 2 fully saturated rings. The summed E-state index contributed by atoms with van der Waals surface area (Å²) in [5.74, 6) is -0.845. The Bertz CT molecular complexity index is 583. The van der Waals surface area contributed by atoms with E-state index >= 15 is 0 Å². The van der Waals surface area contributed by atoms with Crippen molar-refractivity contribution in [1.82, 2.24) is 5.32 Å². The van der Waals surface area contributed by atoms with E-state index < -0.39 is 35.4 Å². The first-order chi connectivity index (χ1) is 12.0. The Balaban J connectivity index is 0.00000364. The minimum absolute atomic E-state index is 0. The van der Waals surface area contributed by atoms with Crippen LogP contribution in [0.25, 0.3) is 0 Å². The Morgan fingerprint density at radius 1 is 1.30 bits per heavy atom. The van der Waals surface area contributed by atoms with E-state index in [0.29, 0.717) is 12.8 Å². The van der Waals surface area contributed by atoms with E-state index in [1.807, 2.05) is 20.8 Å². The molecule has 7 heteroatoms. The molecule has 1 saturated carbocycles. The topological polar surface area (TPSA) is 97.4 Å². The molecular weight excluding hydrogens is 350 g/mol. The first kappa shape index (κ1) is 23.6. The van der Waals surface area contributed by atoms with Crippen LogP contribution in [0, 0.1) is 5.92 Å². The van der Waals surface area contributed by atoms with Gasteiger partial charge in [-0.15, -0.1) is 0 Å². The number of imide groups is 1. The number of methoxy groups -OCH3 is 1. The fraction of sp³-hybridized carbons (Fsp3) is 0.800. The Kier molecular flexibility index (Phi) is 7.61. The van der Waals surface area contributed by atoms with E-state index in [4.69, 9.17) is 14.2 Å². The van der Waals surface area contributed by atoms with E-state index in [9.17, 15) is 14.7 Å². The normalized spacial score (nSPS) is 37.6. The van der Waals surface area contributed by atoms with Crippen LogP contribution < -0.4 is 5.32 Å². The van der Waals surface area contributed by atoms with Crippen LogP contribution >= 0.6 is 0 Å². The van der Waals surface area contributed by atoms with Gasteiger partial charge in [-0.1, -0.05) is 19.1 Å². The van der Waals surface area contributed by atoms with Gasteiger partial charge in [0.05, 0.1) is 11.7 Å². The number of hydrogen-bond donors (Lipinski definition) is 2. The second-order valence-electron chi connectivity index (χ2n) is 8.01. The maximum absolute atomic E-state index is 11.8. The van der Waals surface area contributed by atoms with Crippen molar-refractivity contribution in [2.24, 2.45) is 5.92 Å². The summed E-state index contributed by atoms with van der Waals surface area (Å²) in [7, 11) is 1.54. The lowest BCUT2D eigenvalue weighted by Crippen LogP contribution is -2.59. The van der Waals surface area contributed by atoms with Gasteiger partial charge in [-0.25, -0.2) is 4.79 Å². The lowest BCUT2D eigenvalue weighted by atomic mass is 9.66. The highest BCUT2D eigenvalue weighted by atomic mass is 16.6. The van der Waals surface area contributed by atoms with Gasteiger partial charge in [-0.2, -0.15) is 0 Å². The quantitative estimate of drug-likeness (QED) is 0.558. The molecule has 0 bridgehead atoms. The number of epoxide rings is 1. The summed E-state index contributed by atoms with van der Waals surface area (Å²) < 4.78 is 17.0. The number of alkyl carbamates (subject to hydrolysis) is 1. The van der Waals surface area contributed by atoms with Gasteiger partial charge in [0.15, 0.2) is 0 Å². The highest BCUT2D eigenvalue weighted by Crippen LogP contribution is 2.54. The predicted molar refractivity (Wildman–Crippen MR) is 102 cm³/mol. The summed E-state index contributed by atoms with van der Waals surface area (Å²) in [6, 6.07) is 0. The van der Waals surface area contributed by atoms with Crippen LogP contribution in [0.4, 0.5) is 4.79 Å². The Labute approximate surface area is 162 Å². The van der Waals surface area contributed by atoms with E-state index in [-0.39, 0.29) is 19.4 Å². The largest absolute Gasteiger partial charge is 0.443 e. The number of ether oxygens (including phenoxy) is 3. The average molecular weight is 386 g/mol. The third kappa shape index (κ3) is 5.30. The molecule has 0 radical (unpaired) electrons. The smallest absolute Gasteiger partial charge is 0.414 e. The zero-order valence-electron chi connectivity index (χ0n) is 16.5. The molecule has 7 nitrogen and oxygen atoms in total. The van der Waals surface area contributed by atoms with E-state index in [1.54, 1.807) is 6.92 Å². The summed E-state index contributed by atoms with van der Waals surface area (Å²) in [6.45, 7) is 9.06. The van der Waals surface area contributed by atoms with Gasteiger partial charge < -0.3 is 19.3 Å². The molecule has 0 aromatic rings. The fourth-order valence-electron chi connectivity index (χ4n) is 4.16. The maximum Gasteiger partial charge on any atom is 0.414 e. The molecule has 27 heavy (non-hydrogen) atoms. The first-order valence-corrected chi connectivity index (χ1v) is 9.06. The molecule has 2 aliphatic rings. The number of rotatable bonds is 5. The monoisotopic (exact) mass is 385 g/mol. The summed E-state index contributed by atoms with van der Waals surface area (Å²) in [5, 5.41) is 13.1. The summed E-state index contributed by atoms with van der Waals surface area (Å²) >= 11 is 0. The number of carbonyl (C=O) groups excluding carboxylic acids is 2. The molecule has 156 valence electrons. The van der Waals surface area contributed by atoms with Gasteiger partial charge in [0.25, 0.3) is 0 Å². The fourth-order valence-corrected chi connectivity index (χ4v) is 4.16. The lowest BCUT2D eigenvalue weighted by molar-refractivity contribution is -0.172. The van der Waals surface area contributed by atoms with Crippen molar-refractivity contribution in [2.45, 2.75) is 90.8 Å². The molecule has 2 amide bonds. The van der Waals surface area contributed by atoms with Crippen LogP contribution in [0.5, 0.6) is 0 Å². The minimum Gasteiger partial charge on any atom is -0.443 e. The summed E-state index contributed by atoms with van der Waals surface area (Å²) in [5.41, 5.74) is -0.356. The molecule has 0 aromatic carbocycles. The van der Waals surface area contributed by atoms with Crippen molar-refractivity contribution < 1.29 is 28.9 Å². The third-order valence-electron chi connectivity index (χ3n) is 5.44.